The van der Waals surface area contributed by atoms with Crippen molar-refractivity contribution in [3.63, 3.8) is 0 Å². The first-order valence-electron chi connectivity index (χ1n) is 11.8. The average molecular weight is 603 g/mol. The average Bonchev–Trinajstić information content (AvgIpc) is 3.39. The maximum Gasteiger partial charge on any atom is 0.417 e. The van der Waals surface area contributed by atoms with Gasteiger partial charge in [0.15, 0.2) is 0 Å². The number of sulfonamides is 1. The zero-order valence-corrected chi connectivity index (χ0v) is 22.6. The maximum absolute atomic E-state index is 13.2. The Labute approximate surface area is 233 Å². The molecule has 1 aliphatic heterocycles. The fraction of sp³-hybridized carbons (Fsp3) is 0.280. The van der Waals surface area contributed by atoms with Crippen molar-refractivity contribution in [2.45, 2.75) is 23.9 Å². The summed E-state index contributed by atoms with van der Waals surface area (Å²) in [7, 11) is -4.52. The van der Waals surface area contributed by atoms with E-state index in [-0.39, 0.29) is 28.2 Å². The van der Waals surface area contributed by atoms with E-state index in [1.54, 1.807) is 0 Å². The number of aromatic nitrogens is 1. The van der Waals surface area contributed by atoms with Crippen LogP contribution < -0.4 is 14.8 Å². The van der Waals surface area contributed by atoms with Gasteiger partial charge in [0.1, 0.15) is 11.4 Å². The largest absolute Gasteiger partial charge is 0.437 e. The van der Waals surface area contributed by atoms with Crippen LogP contribution >= 0.6 is 23.2 Å². The second-order valence-corrected chi connectivity index (χ2v) is 11.2. The van der Waals surface area contributed by atoms with Crippen LogP contribution in [0.1, 0.15) is 28.8 Å². The Bertz CT molecular complexity index is 1450. The summed E-state index contributed by atoms with van der Waals surface area (Å²) in [4.78, 5) is 18.0. The summed E-state index contributed by atoms with van der Waals surface area (Å²) in [5.41, 5.74) is -1.11. The lowest BCUT2D eigenvalue weighted by atomic mass is 10.2. The zero-order chi connectivity index (χ0) is 28.2. The number of hydrogen-bond donors (Lipinski definition) is 2. The van der Waals surface area contributed by atoms with E-state index in [0.29, 0.717) is 18.2 Å². The first-order chi connectivity index (χ1) is 18.4. The highest BCUT2D eigenvalue weighted by molar-refractivity contribution is 7.92. The fourth-order valence-electron chi connectivity index (χ4n) is 3.90. The van der Waals surface area contributed by atoms with Crippen LogP contribution in [0, 0.1) is 0 Å². The van der Waals surface area contributed by atoms with Crippen LogP contribution in [0.5, 0.6) is 11.6 Å². The van der Waals surface area contributed by atoms with Crippen LogP contribution in [0.3, 0.4) is 0 Å². The number of ether oxygens (including phenoxy) is 1. The molecular formula is C25H23Cl2F3N4O4S. The molecule has 1 fully saturated rings. The number of benzene rings is 2. The molecule has 0 unspecified atom stereocenters. The van der Waals surface area contributed by atoms with E-state index in [1.807, 2.05) is 0 Å². The molecular weight excluding hydrogens is 580 g/mol. The number of carbonyl (C=O) groups excluding carboxylic acids is 1. The van der Waals surface area contributed by atoms with E-state index in [4.69, 9.17) is 27.9 Å². The molecule has 39 heavy (non-hydrogen) atoms. The Balaban J connectivity index is 1.47. The van der Waals surface area contributed by atoms with Crippen molar-refractivity contribution in [1.82, 2.24) is 15.2 Å². The van der Waals surface area contributed by atoms with E-state index >= 15 is 0 Å². The first-order valence-corrected chi connectivity index (χ1v) is 14.0. The maximum atomic E-state index is 13.2. The lowest BCUT2D eigenvalue weighted by Crippen LogP contribution is -2.33. The Hall–Kier alpha value is -3.06. The van der Waals surface area contributed by atoms with Crippen LogP contribution in [-0.2, 0) is 16.2 Å². The van der Waals surface area contributed by atoms with Gasteiger partial charge in [0.25, 0.3) is 15.9 Å². The van der Waals surface area contributed by atoms with Gasteiger partial charge in [-0.2, -0.15) is 13.2 Å². The van der Waals surface area contributed by atoms with E-state index in [0.717, 1.165) is 31.8 Å². The third kappa shape index (κ3) is 7.53. The monoisotopic (exact) mass is 602 g/mol. The number of hydrogen-bond acceptors (Lipinski definition) is 6. The van der Waals surface area contributed by atoms with Gasteiger partial charge in [-0.15, -0.1) is 0 Å². The molecule has 0 aliphatic carbocycles. The number of likely N-dealkylation sites (tertiary alicyclic amines) is 1. The normalized spacial score (nSPS) is 14.3. The van der Waals surface area contributed by atoms with Gasteiger partial charge < -0.3 is 15.0 Å². The van der Waals surface area contributed by atoms with E-state index in [2.05, 4.69) is 19.9 Å². The standard InChI is InChI=1S/C25H23Cl2F3N4O4S/c26-17-13-22(33-39(36,37)19-7-8-21(27)20(14-19)25(28,29)30)24(32-15-17)38-18-5-3-16(4-6-18)23(35)31-9-12-34-10-1-2-11-34/h3-8,13-15,33H,1-2,9-12H2,(H,31,35). The number of amides is 1. The summed E-state index contributed by atoms with van der Waals surface area (Å²) in [6.45, 7) is 3.37. The summed E-state index contributed by atoms with van der Waals surface area (Å²) in [6.07, 6.45) is -1.31. The molecule has 1 aromatic heterocycles. The molecule has 0 spiro atoms. The lowest BCUT2D eigenvalue weighted by molar-refractivity contribution is -0.137. The van der Waals surface area contributed by atoms with Crippen molar-refractivity contribution in [2.75, 3.05) is 30.9 Å². The summed E-state index contributed by atoms with van der Waals surface area (Å²) in [5, 5.41) is 2.27. The molecule has 0 atom stereocenters. The summed E-state index contributed by atoms with van der Waals surface area (Å²) in [6, 6.07) is 9.48. The van der Waals surface area contributed by atoms with Crippen LogP contribution in [0.25, 0.3) is 0 Å². The van der Waals surface area contributed by atoms with Crippen molar-refractivity contribution in [1.29, 1.82) is 0 Å². The number of halogens is 5. The van der Waals surface area contributed by atoms with Gasteiger partial charge in [0.05, 0.1) is 20.5 Å². The molecule has 2 heterocycles. The SMILES string of the molecule is O=C(NCCN1CCCC1)c1ccc(Oc2ncc(Cl)cc2NS(=O)(=O)c2ccc(Cl)c(C(F)(F)F)c2)cc1. The van der Waals surface area contributed by atoms with Gasteiger partial charge in [-0.1, -0.05) is 23.2 Å². The molecule has 1 saturated heterocycles. The highest BCUT2D eigenvalue weighted by atomic mass is 35.5. The molecule has 1 amide bonds. The summed E-state index contributed by atoms with van der Waals surface area (Å²) >= 11 is 11.6. The van der Waals surface area contributed by atoms with Crippen LogP contribution in [-0.4, -0.2) is 50.4 Å². The van der Waals surface area contributed by atoms with E-state index in [9.17, 15) is 26.4 Å². The Morgan fingerprint density at radius 1 is 1.05 bits per heavy atom. The third-order valence-corrected chi connectivity index (χ3v) is 7.76. The number of nitrogens with zero attached hydrogens (tertiary/aromatic N) is 2. The number of nitrogens with one attached hydrogen (secondary N) is 2. The Morgan fingerprint density at radius 2 is 1.74 bits per heavy atom. The smallest absolute Gasteiger partial charge is 0.417 e. The molecule has 2 N–H and O–H groups in total. The molecule has 208 valence electrons. The molecule has 0 radical (unpaired) electrons. The second kappa shape index (κ2) is 12.0. The van der Waals surface area contributed by atoms with Gasteiger partial charge in [-0.05, 0) is 74.5 Å². The van der Waals surface area contributed by atoms with E-state index in [1.165, 1.54) is 49.4 Å². The number of alkyl halides is 3. The van der Waals surface area contributed by atoms with Gasteiger partial charge in [-0.25, -0.2) is 13.4 Å². The lowest BCUT2D eigenvalue weighted by Gasteiger charge is -2.15. The fourth-order valence-corrected chi connectivity index (χ4v) is 5.35. The third-order valence-electron chi connectivity index (χ3n) is 5.86. The van der Waals surface area contributed by atoms with Gasteiger partial charge >= 0.3 is 6.18 Å². The summed E-state index contributed by atoms with van der Waals surface area (Å²) < 4.78 is 73.4. The molecule has 3 aromatic rings. The summed E-state index contributed by atoms with van der Waals surface area (Å²) in [5.74, 6) is -0.236. The predicted molar refractivity (Wildman–Crippen MR) is 141 cm³/mol. The van der Waals surface area contributed by atoms with Crippen LogP contribution in [0.15, 0.2) is 59.6 Å². The van der Waals surface area contributed by atoms with Gasteiger partial charge in [-0.3, -0.25) is 9.52 Å². The highest BCUT2D eigenvalue weighted by Gasteiger charge is 2.34. The number of rotatable bonds is 9. The molecule has 0 bridgehead atoms. The van der Waals surface area contributed by atoms with Crippen molar-refractivity contribution in [2.24, 2.45) is 0 Å². The first kappa shape index (κ1) is 28.9. The number of carbonyl (C=O) groups is 1. The highest BCUT2D eigenvalue weighted by Crippen LogP contribution is 2.37. The zero-order valence-electron chi connectivity index (χ0n) is 20.3. The van der Waals surface area contributed by atoms with Crippen molar-refractivity contribution in [3.8, 4) is 11.6 Å². The molecule has 0 saturated carbocycles. The Morgan fingerprint density at radius 3 is 2.41 bits per heavy atom. The Kier molecular flexibility index (Phi) is 8.90. The molecule has 8 nitrogen and oxygen atoms in total. The molecule has 4 rings (SSSR count). The van der Waals surface area contributed by atoms with Crippen molar-refractivity contribution < 1.29 is 31.1 Å². The van der Waals surface area contributed by atoms with Crippen molar-refractivity contribution >= 4 is 44.8 Å². The quantitative estimate of drug-likeness (QED) is 0.320. The van der Waals surface area contributed by atoms with Crippen LogP contribution in [0.4, 0.5) is 18.9 Å². The van der Waals surface area contributed by atoms with Crippen LogP contribution in [0.2, 0.25) is 10.0 Å². The minimum absolute atomic E-state index is 0.0492. The van der Waals surface area contributed by atoms with Crippen molar-refractivity contribution in [3.05, 3.63) is 75.9 Å². The minimum Gasteiger partial charge on any atom is -0.437 e. The molecule has 1 aliphatic rings. The second-order valence-electron chi connectivity index (χ2n) is 8.68. The van der Waals surface area contributed by atoms with E-state index < -0.39 is 31.7 Å². The molecule has 14 heteroatoms. The topological polar surface area (TPSA) is 101 Å². The molecule has 2 aromatic carbocycles. The van der Waals surface area contributed by atoms with Gasteiger partial charge in [0.2, 0.25) is 5.88 Å². The number of anilines is 1. The number of pyridine rings is 1. The predicted octanol–water partition coefficient (Wildman–Crippen LogP) is 5.83. The minimum atomic E-state index is -4.86. The van der Waals surface area contributed by atoms with Gasteiger partial charge in [0, 0.05) is 24.8 Å².